The maximum atomic E-state index is 13.6. The Hall–Kier alpha value is -9.19. The van der Waals surface area contributed by atoms with Crippen LogP contribution < -0.4 is 14.4 Å². The smallest absolute Gasteiger partial charge is 0.419 e. The predicted octanol–water partition coefficient (Wildman–Crippen LogP) is 16.7. The molecule has 0 spiro atoms. The van der Waals surface area contributed by atoms with Gasteiger partial charge >= 0.3 is 6.09 Å². The third-order valence-corrected chi connectivity index (χ3v) is 17.9. The first kappa shape index (κ1) is 64.8. The van der Waals surface area contributed by atoms with Crippen molar-refractivity contribution in [2.75, 3.05) is 37.9 Å². The van der Waals surface area contributed by atoms with E-state index in [0.717, 1.165) is 119 Å². The van der Waals surface area contributed by atoms with Crippen LogP contribution in [0.25, 0.3) is 67.1 Å². The molecule has 0 unspecified atom stereocenters. The minimum absolute atomic E-state index is 0.178. The van der Waals surface area contributed by atoms with Crippen molar-refractivity contribution in [1.29, 1.82) is 0 Å². The molecule has 0 saturated heterocycles. The van der Waals surface area contributed by atoms with Crippen LogP contribution in [-0.2, 0) is 34.0 Å². The van der Waals surface area contributed by atoms with E-state index in [1.807, 2.05) is 153 Å². The Balaban J connectivity index is 0.000000174. The van der Waals surface area contributed by atoms with Crippen molar-refractivity contribution in [3.8, 4) is 90.1 Å². The molecule has 17 heteroatoms. The Labute approximate surface area is 521 Å². The number of imidazole rings is 2. The fourth-order valence-corrected chi connectivity index (χ4v) is 12.6. The second kappa shape index (κ2) is 28.1. The van der Waals surface area contributed by atoms with E-state index >= 15 is 0 Å². The number of ether oxygens (including phenoxy) is 2. The molecular formula is C71H79N7O8S2. The summed E-state index contributed by atoms with van der Waals surface area (Å²) in [7, 11) is 2.83. The normalized spacial score (nSPS) is 11.1. The highest BCUT2D eigenvalue weighted by Crippen LogP contribution is 2.41. The number of hydrogen-bond donors (Lipinski definition) is 5. The predicted molar refractivity (Wildman–Crippen MR) is 357 cm³/mol. The second-order valence-electron chi connectivity index (χ2n) is 22.1. The van der Waals surface area contributed by atoms with Gasteiger partial charge in [-0.25, -0.2) is 32.7 Å². The molecule has 7 aromatic carbocycles. The Kier molecular flexibility index (Phi) is 20.7. The van der Waals surface area contributed by atoms with E-state index in [0.29, 0.717) is 47.1 Å². The summed E-state index contributed by atoms with van der Waals surface area (Å²) in [6.07, 6.45) is 4.12. The number of carbonyl (C=O) groups excluding carboxylic acids is 1. The zero-order valence-electron chi connectivity index (χ0n) is 52.7. The van der Waals surface area contributed by atoms with Gasteiger partial charge < -0.3 is 34.7 Å². The summed E-state index contributed by atoms with van der Waals surface area (Å²) in [5.41, 5.74) is 16.8. The summed E-state index contributed by atoms with van der Waals surface area (Å²) in [6, 6.07) is 41.7. The molecule has 15 nitrogen and oxygen atoms in total. The number of methoxy groups -OCH3 is 2. The van der Waals surface area contributed by atoms with Gasteiger partial charge in [-0.2, -0.15) is 0 Å². The molecule has 0 saturated carbocycles. The number of rotatable bonds is 16. The number of carbonyl (C=O) groups is 1. The molecule has 0 bridgehead atoms. The van der Waals surface area contributed by atoms with Gasteiger partial charge in [0.25, 0.3) is 10.0 Å². The fraction of sp³-hybridized carbons (Fsp3) is 0.268. The van der Waals surface area contributed by atoms with Crippen LogP contribution in [0.3, 0.4) is 0 Å². The van der Waals surface area contributed by atoms with Gasteiger partial charge in [-0.1, -0.05) is 75.2 Å². The number of anilines is 2. The van der Waals surface area contributed by atoms with Gasteiger partial charge in [0.2, 0.25) is 0 Å². The number of aromatic hydroxyl groups is 3. The minimum atomic E-state index is -3.89. The summed E-state index contributed by atoms with van der Waals surface area (Å²) in [6.45, 7) is 19.6. The van der Waals surface area contributed by atoms with Gasteiger partial charge in [0, 0.05) is 69.4 Å². The van der Waals surface area contributed by atoms with Crippen LogP contribution in [-0.4, -0.2) is 82.6 Å². The minimum Gasteiger partial charge on any atom is -0.507 e. The highest BCUT2D eigenvalue weighted by Gasteiger charge is 2.27. The topological polar surface area (TPSA) is 205 Å². The van der Waals surface area contributed by atoms with E-state index in [-0.39, 0.29) is 16.4 Å². The monoisotopic (exact) mass is 1220 g/mol. The Morgan fingerprint density at radius 3 is 1.72 bits per heavy atom. The summed E-state index contributed by atoms with van der Waals surface area (Å²) in [5.74, 6) is 2.97. The highest BCUT2D eigenvalue weighted by molar-refractivity contribution is 7.92. The molecule has 0 aliphatic rings. The number of aryl methyl sites for hydroxylation is 10. The number of hydrogen-bond acceptors (Lipinski definition) is 13. The lowest BCUT2D eigenvalue weighted by atomic mass is 10.1. The van der Waals surface area contributed by atoms with Crippen molar-refractivity contribution >= 4 is 38.8 Å². The molecule has 458 valence electrons. The van der Waals surface area contributed by atoms with Crippen LogP contribution >= 0.6 is 11.3 Å². The third kappa shape index (κ3) is 14.4. The number of sulfonamides is 1. The van der Waals surface area contributed by atoms with E-state index in [4.69, 9.17) is 24.4 Å². The molecule has 10 aromatic rings. The number of thiazole rings is 1. The number of nitrogens with zero attached hydrogens (tertiary/aromatic N) is 5. The summed E-state index contributed by atoms with van der Waals surface area (Å²) >= 11 is 1.55. The van der Waals surface area contributed by atoms with E-state index in [1.165, 1.54) is 22.9 Å². The van der Waals surface area contributed by atoms with Crippen molar-refractivity contribution in [2.45, 2.75) is 106 Å². The number of phenolic OH excluding ortho intramolecular Hbond substituents is 3. The zero-order valence-corrected chi connectivity index (χ0v) is 54.3. The van der Waals surface area contributed by atoms with Gasteiger partial charge in [0.1, 0.15) is 39.7 Å². The maximum absolute atomic E-state index is 13.6. The van der Waals surface area contributed by atoms with Crippen LogP contribution in [0.2, 0.25) is 0 Å². The molecule has 0 aliphatic carbocycles. The molecule has 0 aliphatic heterocycles. The lowest BCUT2D eigenvalue weighted by Crippen LogP contribution is -2.16. The van der Waals surface area contributed by atoms with E-state index < -0.39 is 16.1 Å². The van der Waals surface area contributed by atoms with Gasteiger partial charge in [0.05, 0.1) is 41.9 Å². The van der Waals surface area contributed by atoms with E-state index in [9.17, 15) is 28.5 Å². The van der Waals surface area contributed by atoms with Crippen molar-refractivity contribution in [2.24, 2.45) is 0 Å². The van der Waals surface area contributed by atoms with Crippen LogP contribution in [0.4, 0.5) is 16.2 Å². The average molecular weight is 1220 g/mol. The van der Waals surface area contributed by atoms with E-state index in [1.54, 1.807) is 48.8 Å². The number of nitrogens with one attached hydrogen (secondary N) is 2. The zero-order chi connectivity index (χ0) is 63.7. The SMILES string of the molecule is CCCCc1[nH]c(-c2cc(C)c(O)c(C)c2)nc1-c1ccc(C)cc1.CCc1nc(-c2cc(C)c(O)c(C)c2)n(C(=O)OC)c1-c1ccc(OC)cc1.CCc1sc(-c2cc(C)c(O)c(C)c2)nc1-c1ccc(N(C)C)cc1S(=O)(=O)Nc1ccccc1. The average Bonchev–Trinajstić information content (AvgIpc) is 1.78. The molecule has 88 heavy (non-hydrogen) atoms. The molecule has 0 atom stereocenters. The van der Waals surface area contributed by atoms with Crippen molar-refractivity contribution in [1.82, 2.24) is 24.5 Å². The van der Waals surface area contributed by atoms with Gasteiger partial charge in [-0.3, -0.25) is 4.72 Å². The molecule has 3 heterocycles. The summed E-state index contributed by atoms with van der Waals surface area (Å²) < 4.78 is 41.7. The maximum Gasteiger partial charge on any atom is 0.419 e. The molecule has 0 amide bonds. The largest absolute Gasteiger partial charge is 0.507 e. The van der Waals surface area contributed by atoms with Crippen LogP contribution in [0.5, 0.6) is 23.0 Å². The Bertz CT molecular complexity index is 4160. The van der Waals surface area contributed by atoms with Crippen LogP contribution in [0, 0.1) is 48.5 Å². The van der Waals surface area contributed by atoms with Gasteiger partial charge in [-0.15, -0.1) is 11.3 Å². The second-order valence-corrected chi connectivity index (χ2v) is 24.8. The number of unbranched alkanes of at least 4 members (excludes halogenated alkanes) is 1. The van der Waals surface area contributed by atoms with Crippen molar-refractivity contribution in [3.05, 3.63) is 189 Å². The Morgan fingerprint density at radius 1 is 0.636 bits per heavy atom. The molecule has 0 fully saturated rings. The first-order chi connectivity index (χ1) is 42.0. The number of H-pyrrole nitrogens is 1. The molecular weight excluding hydrogens is 1140 g/mol. The fourth-order valence-electron chi connectivity index (χ4n) is 10.4. The molecule has 0 radical (unpaired) electrons. The molecule has 5 N–H and O–H groups in total. The van der Waals surface area contributed by atoms with Crippen molar-refractivity contribution < 1.29 is 38.0 Å². The van der Waals surface area contributed by atoms with Gasteiger partial charge in [0.15, 0.2) is 0 Å². The van der Waals surface area contributed by atoms with Crippen LogP contribution in [0.15, 0.2) is 138 Å². The van der Waals surface area contributed by atoms with Gasteiger partial charge in [-0.05, 0) is 199 Å². The quantitative estimate of drug-likeness (QED) is 0.0613. The lowest BCUT2D eigenvalue weighted by molar-refractivity contribution is 0.173. The number of para-hydroxylation sites is 1. The Morgan fingerprint density at radius 2 is 1.19 bits per heavy atom. The van der Waals surface area contributed by atoms with E-state index in [2.05, 4.69) is 47.8 Å². The number of aromatic nitrogens is 5. The number of aromatic amines is 1. The lowest BCUT2D eigenvalue weighted by Gasteiger charge is -2.17. The molecule has 10 rings (SSSR count). The first-order valence-electron chi connectivity index (χ1n) is 29.3. The highest BCUT2D eigenvalue weighted by atomic mass is 32.2. The third-order valence-electron chi connectivity index (χ3n) is 15.2. The summed E-state index contributed by atoms with van der Waals surface area (Å²) in [5, 5.41) is 31.1. The number of phenols is 3. The first-order valence-corrected chi connectivity index (χ1v) is 31.6. The standard InChI is InChI=1S/C27H29N3O3S2.C22H24N2O4.C22H26N2O/c1-6-23-25(28-27(34-23)19-14-17(2)26(31)18(3)15-19)22-13-12-21(30(4)5)16-24(22)35(32,33)29-20-10-8-7-9-11-20;1-6-18-19(15-7-9-17(27-4)10-8-15)24(22(26)28-5)21(23-18)16-11-13(2)20(25)14(3)12-16;1-5-6-7-19-20(17-10-8-14(2)9-11-17)24-22(23-19)18-12-15(3)21(25)16(4)13-18/h7-16,29,31H,6H2,1-5H3;7-12,25H,6H2,1-5H3;8-13,25H,5-7H2,1-4H3,(H,23,24). The van der Waals surface area contributed by atoms with Crippen molar-refractivity contribution in [3.63, 3.8) is 0 Å². The number of benzene rings is 7. The molecule has 3 aromatic heterocycles. The summed E-state index contributed by atoms with van der Waals surface area (Å²) in [4.78, 5) is 33.9. The van der Waals surface area contributed by atoms with Crippen LogP contribution in [0.1, 0.15) is 88.8 Å².